The van der Waals surface area contributed by atoms with E-state index >= 15 is 0 Å². The molecule has 0 saturated carbocycles. The second-order valence-electron chi connectivity index (χ2n) is 7.15. The van der Waals surface area contributed by atoms with E-state index in [2.05, 4.69) is 20.4 Å². The normalized spacial score (nSPS) is 11.9. The van der Waals surface area contributed by atoms with Gasteiger partial charge in [0.15, 0.2) is 0 Å². The minimum absolute atomic E-state index is 0.203. The molecule has 2 aromatic heterocycles. The molecule has 34 heavy (non-hydrogen) atoms. The van der Waals surface area contributed by atoms with Gasteiger partial charge in [-0.05, 0) is 42.5 Å². The zero-order chi connectivity index (χ0) is 24.5. The van der Waals surface area contributed by atoms with Gasteiger partial charge in [-0.15, -0.1) is 13.2 Å². The minimum atomic E-state index is -4.95. The molecule has 4 aromatic rings. The molecule has 0 unspecified atom stereocenters. The van der Waals surface area contributed by atoms with Gasteiger partial charge >= 0.3 is 6.36 Å². The van der Waals surface area contributed by atoms with Crippen molar-refractivity contribution >= 4 is 44.0 Å². The van der Waals surface area contributed by atoms with Crippen LogP contribution < -0.4 is 15.4 Å². The van der Waals surface area contributed by atoms with Crippen LogP contribution in [0.2, 0.25) is 0 Å². The van der Waals surface area contributed by atoms with E-state index in [4.69, 9.17) is 0 Å². The molecule has 0 atom stereocenters. The number of halogens is 3. The molecular weight excluding hydrogens is 473 g/mol. The van der Waals surface area contributed by atoms with Crippen molar-refractivity contribution in [3.63, 3.8) is 0 Å². The highest BCUT2D eigenvalue weighted by Crippen LogP contribution is 2.29. The van der Waals surface area contributed by atoms with Crippen LogP contribution in [-0.4, -0.2) is 29.6 Å². The maximum absolute atomic E-state index is 13.2. The van der Waals surface area contributed by atoms with E-state index in [1.54, 1.807) is 24.3 Å². The van der Waals surface area contributed by atoms with Gasteiger partial charge in [-0.1, -0.05) is 6.07 Å². The molecule has 176 valence electrons. The topological polar surface area (TPSA) is 102 Å². The van der Waals surface area contributed by atoms with Crippen LogP contribution in [0, 0.1) is 0 Å². The van der Waals surface area contributed by atoms with Crippen molar-refractivity contribution in [2.75, 3.05) is 10.6 Å². The Morgan fingerprint density at radius 3 is 2.41 bits per heavy atom. The molecular formula is C22H17F3N4O4S. The number of fused-ring (bicyclic) bond motifs is 1. The first-order chi connectivity index (χ1) is 16.0. The fraction of sp³-hybridized carbons (Fsp3) is 0.0909. The molecule has 0 aliphatic carbocycles. The summed E-state index contributed by atoms with van der Waals surface area (Å²) in [5, 5.41) is 6.20. The lowest BCUT2D eigenvalue weighted by Gasteiger charge is -2.12. The highest BCUT2D eigenvalue weighted by molar-refractivity contribution is 7.90. The molecule has 8 nitrogen and oxygen atoms in total. The van der Waals surface area contributed by atoms with Crippen molar-refractivity contribution in [1.29, 1.82) is 0 Å². The van der Waals surface area contributed by atoms with Crippen LogP contribution in [0.3, 0.4) is 0 Å². The molecule has 4 rings (SSSR count). The number of anilines is 3. The summed E-state index contributed by atoms with van der Waals surface area (Å²) in [5.74, 6) is -0.508. The third-order valence-corrected chi connectivity index (χ3v) is 6.30. The van der Waals surface area contributed by atoms with Crippen LogP contribution in [0.4, 0.5) is 30.4 Å². The van der Waals surface area contributed by atoms with Crippen molar-refractivity contribution in [3.05, 3.63) is 73.1 Å². The summed E-state index contributed by atoms with van der Waals surface area (Å²) in [6.07, 6.45) is -2.18. The molecule has 1 amide bonds. The molecule has 2 aromatic carbocycles. The van der Waals surface area contributed by atoms with Gasteiger partial charge in [0.05, 0.1) is 10.4 Å². The smallest absolute Gasteiger partial charge is 0.406 e. The summed E-state index contributed by atoms with van der Waals surface area (Å²) in [6.45, 7) is 1.40. The minimum Gasteiger partial charge on any atom is -0.406 e. The summed E-state index contributed by atoms with van der Waals surface area (Å²) >= 11 is 0. The summed E-state index contributed by atoms with van der Waals surface area (Å²) < 4.78 is 68.8. The fourth-order valence-electron chi connectivity index (χ4n) is 3.21. The number of hydrogen-bond acceptors (Lipinski definition) is 6. The molecule has 12 heteroatoms. The number of nitrogens with zero attached hydrogens (tertiary/aromatic N) is 2. The Kier molecular flexibility index (Phi) is 5.92. The van der Waals surface area contributed by atoms with Gasteiger partial charge < -0.3 is 15.4 Å². The second kappa shape index (κ2) is 8.71. The number of nitrogens with one attached hydrogen (secondary N) is 2. The van der Waals surface area contributed by atoms with E-state index < -0.39 is 22.1 Å². The molecule has 0 bridgehead atoms. The lowest BCUT2D eigenvalue weighted by atomic mass is 10.2. The van der Waals surface area contributed by atoms with E-state index in [9.17, 15) is 26.4 Å². The molecule has 0 aliphatic heterocycles. The molecule has 0 radical (unpaired) electrons. The van der Waals surface area contributed by atoms with Crippen molar-refractivity contribution < 1.29 is 31.1 Å². The number of benzene rings is 2. The summed E-state index contributed by atoms with van der Waals surface area (Å²) in [6, 6.07) is 14.0. The van der Waals surface area contributed by atoms with Gasteiger partial charge in [0, 0.05) is 48.2 Å². The Bertz CT molecular complexity index is 1470. The summed E-state index contributed by atoms with van der Waals surface area (Å²) in [7, 11) is -4.23. The number of ether oxygens (including phenoxy) is 1. The summed E-state index contributed by atoms with van der Waals surface area (Å²) in [5.41, 5.74) is 1.52. The van der Waals surface area contributed by atoms with Crippen LogP contribution in [0.25, 0.3) is 10.9 Å². The predicted octanol–water partition coefficient (Wildman–Crippen LogP) is 4.87. The largest absolute Gasteiger partial charge is 0.573 e. The number of alkyl halides is 3. The van der Waals surface area contributed by atoms with Gasteiger partial charge in [0.25, 0.3) is 10.0 Å². The van der Waals surface area contributed by atoms with Gasteiger partial charge in [-0.25, -0.2) is 17.4 Å². The number of carbonyl (C=O) groups excluding carboxylic acids is 1. The van der Waals surface area contributed by atoms with Crippen LogP contribution in [0.5, 0.6) is 5.75 Å². The number of rotatable bonds is 6. The first-order valence-corrected chi connectivity index (χ1v) is 11.2. The first-order valence-electron chi connectivity index (χ1n) is 9.74. The monoisotopic (exact) mass is 490 g/mol. The standard InChI is InChI=1S/C22H17F3N4O4S/c1-14(30)27-16-5-7-17(8-6-16)28-21-12-20-15(13-26-21)9-10-29(20)34(31,32)19-4-2-3-18(11-19)33-22(23,24)25/h2-13H,1H3,(H,26,28)(H,27,30). The number of hydrogen-bond donors (Lipinski definition) is 2. The Morgan fingerprint density at radius 2 is 1.74 bits per heavy atom. The highest BCUT2D eigenvalue weighted by Gasteiger charge is 2.31. The van der Waals surface area contributed by atoms with Gasteiger partial charge in [0.2, 0.25) is 5.91 Å². The van der Waals surface area contributed by atoms with E-state index in [0.717, 1.165) is 16.1 Å². The Balaban J connectivity index is 1.65. The van der Waals surface area contributed by atoms with Crippen molar-refractivity contribution in [3.8, 4) is 5.75 Å². The van der Waals surface area contributed by atoms with Crippen molar-refractivity contribution in [2.45, 2.75) is 18.2 Å². The lowest BCUT2D eigenvalue weighted by molar-refractivity contribution is -0.274. The van der Waals surface area contributed by atoms with E-state index in [1.807, 2.05) is 0 Å². The maximum Gasteiger partial charge on any atom is 0.573 e. The fourth-order valence-corrected chi connectivity index (χ4v) is 4.60. The third-order valence-electron chi connectivity index (χ3n) is 4.61. The van der Waals surface area contributed by atoms with Crippen LogP contribution in [0.1, 0.15) is 6.92 Å². The highest BCUT2D eigenvalue weighted by atomic mass is 32.2. The Hall–Kier alpha value is -4.06. The van der Waals surface area contributed by atoms with E-state index in [-0.39, 0.29) is 16.3 Å². The molecule has 2 heterocycles. The van der Waals surface area contributed by atoms with Crippen molar-refractivity contribution in [1.82, 2.24) is 8.96 Å². The average molecular weight is 490 g/mol. The SMILES string of the molecule is CC(=O)Nc1ccc(Nc2cc3c(ccn3S(=O)(=O)c3cccc(OC(F)(F)F)c3)cn2)cc1. The van der Waals surface area contributed by atoms with Crippen LogP contribution in [0.15, 0.2) is 78.0 Å². The lowest BCUT2D eigenvalue weighted by Crippen LogP contribution is -2.18. The quantitative estimate of drug-likeness (QED) is 0.400. The Labute approximate surface area is 192 Å². The zero-order valence-corrected chi connectivity index (χ0v) is 18.3. The second-order valence-corrected chi connectivity index (χ2v) is 8.97. The van der Waals surface area contributed by atoms with Gasteiger partial charge in [-0.3, -0.25) is 4.79 Å². The van der Waals surface area contributed by atoms with Crippen LogP contribution >= 0.6 is 0 Å². The maximum atomic E-state index is 13.2. The van der Waals surface area contributed by atoms with Gasteiger partial charge in [0.1, 0.15) is 11.6 Å². The molecule has 0 aliphatic rings. The summed E-state index contributed by atoms with van der Waals surface area (Å²) in [4.78, 5) is 15.0. The number of amides is 1. The number of carbonyl (C=O) groups is 1. The molecule has 0 fully saturated rings. The van der Waals surface area contributed by atoms with Gasteiger partial charge in [-0.2, -0.15) is 0 Å². The van der Waals surface area contributed by atoms with Crippen LogP contribution in [-0.2, 0) is 14.8 Å². The number of pyridine rings is 1. The molecule has 0 saturated heterocycles. The number of aromatic nitrogens is 2. The average Bonchev–Trinajstić information content (AvgIpc) is 3.18. The molecule has 0 spiro atoms. The Morgan fingerprint density at radius 1 is 1.03 bits per heavy atom. The predicted molar refractivity (Wildman–Crippen MR) is 119 cm³/mol. The van der Waals surface area contributed by atoms with E-state index in [1.165, 1.54) is 43.6 Å². The molecule has 2 N–H and O–H groups in total. The zero-order valence-electron chi connectivity index (χ0n) is 17.5. The first kappa shape index (κ1) is 23.1. The van der Waals surface area contributed by atoms with E-state index in [0.29, 0.717) is 22.6 Å². The van der Waals surface area contributed by atoms with Crippen molar-refractivity contribution in [2.24, 2.45) is 0 Å². The third kappa shape index (κ3) is 5.12.